The van der Waals surface area contributed by atoms with Gasteiger partial charge in [0.25, 0.3) is 0 Å². The van der Waals surface area contributed by atoms with Crippen molar-refractivity contribution in [3.05, 3.63) is 12.2 Å². The standard InChI is InChI=1S/C21H41NO2/c1-6-9-14-20(22(16-7-2)17-8-3)15-12-10-11-13-18-24-21(23)19(4)5/h20H,4,6-18H2,1-3,5H3. The van der Waals surface area contributed by atoms with E-state index >= 15 is 0 Å². The average molecular weight is 340 g/mol. The molecule has 0 rings (SSSR count). The first-order chi connectivity index (χ1) is 11.6. The molecule has 0 aromatic carbocycles. The second kappa shape index (κ2) is 15.7. The van der Waals surface area contributed by atoms with Crippen LogP contribution in [0, 0.1) is 0 Å². The Bertz CT molecular complexity index is 322. The second-order valence-corrected chi connectivity index (χ2v) is 6.95. The van der Waals surface area contributed by atoms with Crippen LogP contribution in [0.2, 0.25) is 0 Å². The van der Waals surface area contributed by atoms with Crippen LogP contribution in [0.15, 0.2) is 12.2 Å². The van der Waals surface area contributed by atoms with E-state index in [0.717, 1.165) is 18.9 Å². The van der Waals surface area contributed by atoms with Crippen molar-refractivity contribution in [1.29, 1.82) is 0 Å². The molecule has 0 heterocycles. The normalized spacial score (nSPS) is 12.4. The Labute approximate surface area is 150 Å². The second-order valence-electron chi connectivity index (χ2n) is 6.95. The molecule has 1 unspecified atom stereocenters. The van der Waals surface area contributed by atoms with E-state index in [9.17, 15) is 4.79 Å². The summed E-state index contributed by atoms with van der Waals surface area (Å²) in [6.07, 6.45) is 12.4. The SMILES string of the molecule is C=C(C)C(=O)OCCCCCCC(CCCC)N(CCC)CCC. The quantitative estimate of drug-likeness (QED) is 0.204. The molecule has 0 spiro atoms. The fourth-order valence-electron chi connectivity index (χ4n) is 3.12. The molecule has 0 radical (unpaired) electrons. The Morgan fingerprint density at radius 3 is 2.04 bits per heavy atom. The minimum Gasteiger partial charge on any atom is -0.462 e. The third-order valence-electron chi connectivity index (χ3n) is 4.44. The first-order valence-electron chi connectivity index (χ1n) is 10.1. The molecule has 0 fully saturated rings. The zero-order valence-electron chi connectivity index (χ0n) is 16.7. The van der Waals surface area contributed by atoms with Crippen molar-refractivity contribution in [2.75, 3.05) is 19.7 Å². The highest BCUT2D eigenvalue weighted by molar-refractivity contribution is 5.86. The van der Waals surface area contributed by atoms with Gasteiger partial charge < -0.3 is 9.64 Å². The highest BCUT2D eigenvalue weighted by atomic mass is 16.5. The third kappa shape index (κ3) is 11.7. The van der Waals surface area contributed by atoms with Crippen LogP contribution in [0.4, 0.5) is 0 Å². The van der Waals surface area contributed by atoms with Gasteiger partial charge in [-0.2, -0.15) is 0 Å². The van der Waals surface area contributed by atoms with E-state index in [1.54, 1.807) is 6.92 Å². The Hall–Kier alpha value is -0.830. The van der Waals surface area contributed by atoms with Crippen molar-refractivity contribution in [2.45, 2.75) is 97.9 Å². The van der Waals surface area contributed by atoms with Crippen LogP contribution < -0.4 is 0 Å². The van der Waals surface area contributed by atoms with E-state index in [4.69, 9.17) is 4.74 Å². The fourth-order valence-corrected chi connectivity index (χ4v) is 3.12. The zero-order valence-corrected chi connectivity index (χ0v) is 16.7. The van der Waals surface area contributed by atoms with Gasteiger partial charge in [-0.3, -0.25) is 0 Å². The summed E-state index contributed by atoms with van der Waals surface area (Å²) in [5.74, 6) is -0.260. The lowest BCUT2D eigenvalue weighted by atomic mass is 10.00. The number of hydrogen-bond acceptors (Lipinski definition) is 3. The Kier molecular flexibility index (Phi) is 15.1. The lowest BCUT2D eigenvalue weighted by Gasteiger charge is -2.31. The van der Waals surface area contributed by atoms with Crippen molar-refractivity contribution in [1.82, 2.24) is 4.90 Å². The smallest absolute Gasteiger partial charge is 0.333 e. The van der Waals surface area contributed by atoms with Crippen molar-refractivity contribution in [3.63, 3.8) is 0 Å². The summed E-state index contributed by atoms with van der Waals surface area (Å²) >= 11 is 0. The lowest BCUT2D eigenvalue weighted by molar-refractivity contribution is -0.139. The number of carbonyl (C=O) groups excluding carboxylic acids is 1. The van der Waals surface area contributed by atoms with Gasteiger partial charge in [0.15, 0.2) is 0 Å². The number of rotatable bonds is 16. The number of ether oxygens (including phenoxy) is 1. The first kappa shape index (κ1) is 23.2. The molecule has 0 aromatic rings. The number of nitrogens with zero attached hydrogens (tertiary/aromatic N) is 1. The minimum atomic E-state index is -0.260. The highest BCUT2D eigenvalue weighted by Gasteiger charge is 2.16. The lowest BCUT2D eigenvalue weighted by Crippen LogP contribution is -2.36. The van der Waals surface area contributed by atoms with Gasteiger partial charge in [-0.1, -0.05) is 59.5 Å². The molecule has 0 aromatic heterocycles. The summed E-state index contributed by atoms with van der Waals surface area (Å²) in [6, 6.07) is 0.756. The number of unbranched alkanes of at least 4 members (excludes halogenated alkanes) is 4. The third-order valence-corrected chi connectivity index (χ3v) is 4.44. The summed E-state index contributed by atoms with van der Waals surface area (Å²) in [4.78, 5) is 14.0. The van der Waals surface area contributed by atoms with Crippen molar-refractivity contribution in [3.8, 4) is 0 Å². The fraction of sp³-hybridized carbons (Fsp3) is 0.857. The maximum absolute atomic E-state index is 11.3. The van der Waals surface area contributed by atoms with Crippen LogP contribution >= 0.6 is 0 Å². The monoisotopic (exact) mass is 339 g/mol. The predicted octanol–water partition coefficient (Wildman–Crippen LogP) is 5.74. The van der Waals surface area contributed by atoms with Gasteiger partial charge >= 0.3 is 5.97 Å². The van der Waals surface area contributed by atoms with Crippen molar-refractivity contribution in [2.24, 2.45) is 0 Å². The molecule has 0 amide bonds. The molecular formula is C21H41NO2. The van der Waals surface area contributed by atoms with Crippen molar-refractivity contribution >= 4 is 5.97 Å². The van der Waals surface area contributed by atoms with Gasteiger partial charge in [-0.05, 0) is 52.1 Å². The molecular weight excluding hydrogens is 298 g/mol. The van der Waals surface area contributed by atoms with Crippen LogP contribution in [-0.2, 0) is 9.53 Å². The molecule has 0 saturated carbocycles. The molecule has 142 valence electrons. The van der Waals surface area contributed by atoms with Crippen LogP contribution in [0.25, 0.3) is 0 Å². The van der Waals surface area contributed by atoms with E-state index < -0.39 is 0 Å². The molecule has 0 N–H and O–H groups in total. The summed E-state index contributed by atoms with van der Waals surface area (Å²) in [5, 5.41) is 0. The van der Waals surface area contributed by atoms with Gasteiger partial charge in [0.2, 0.25) is 0 Å². The number of carbonyl (C=O) groups is 1. The topological polar surface area (TPSA) is 29.5 Å². The molecule has 1 atom stereocenters. The minimum absolute atomic E-state index is 0.260. The van der Waals surface area contributed by atoms with E-state index in [0.29, 0.717) is 12.2 Å². The van der Waals surface area contributed by atoms with Crippen molar-refractivity contribution < 1.29 is 9.53 Å². The van der Waals surface area contributed by atoms with E-state index in [1.165, 1.54) is 64.5 Å². The molecule has 0 saturated heterocycles. The van der Waals surface area contributed by atoms with E-state index in [2.05, 4.69) is 32.3 Å². The van der Waals surface area contributed by atoms with Crippen LogP contribution in [0.1, 0.15) is 91.9 Å². The van der Waals surface area contributed by atoms with Gasteiger partial charge in [-0.15, -0.1) is 0 Å². The van der Waals surface area contributed by atoms with Gasteiger partial charge in [-0.25, -0.2) is 4.79 Å². The molecule has 0 aliphatic heterocycles. The van der Waals surface area contributed by atoms with Crippen LogP contribution in [0.5, 0.6) is 0 Å². The molecule has 0 aliphatic rings. The first-order valence-corrected chi connectivity index (χ1v) is 10.1. The van der Waals surface area contributed by atoms with E-state index in [-0.39, 0.29) is 5.97 Å². The zero-order chi connectivity index (χ0) is 18.2. The molecule has 24 heavy (non-hydrogen) atoms. The van der Waals surface area contributed by atoms with Crippen LogP contribution in [0.3, 0.4) is 0 Å². The summed E-state index contributed by atoms with van der Waals surface area (Å²) in [5.41, 5.74) is 0.487. The molecule has 3 nitrogen and oxygen atoms in total. The number of hydrogen-bond donors (Lipinski definition) is 0. The Morgan fingerprint density at radius 2 is 1.50 bits per heavy atom. The molecule has 0 aliphatic carbocycles. The predicted molar refractivity (Wildman–Crippen MR) is 104 cm³/mol. The summed E-state index contributed by atoms with van der Waals surface area (Å²) in [6.45, 7) is 15.1. The summed E-state index contributed by atoms with van der Waals surface area (Å²) < 4.78 is 5.14. The van der Waals surface area contributed by atoms with Gasteiger partial charge in [0.1, 0.15) is 0 Å². The Morgan fingerprint density at radius 1 is 0.917 bits per heavy atom. The average Bonchev–Trinajstić information content (AvgIpc) is 2.56. The maximum Gasteiger partial charge on any atom is 0.333 e. The largest absolute Gasteiger partial charge is 0.462 e. The van der Waals surface area contributed by atoms with E-state index in [1.807, 2.05) is 0 Å². The Balaban J connectivity index is 4.00. The molecule has 3 heteroatoms. The van der Waals surface area contributed by atoms with Crippen LogP contribution in [-0.4, -0.2) is 36.6 Å². The maximum atomic E-state index is 11.3. The van der Waals surface area contributed by atoms with Gasteiger partial charge in [0.05, 0.1) is 6.61 Å². The molecule has 0 bridgehead atoms. The number of esters is 1. The van der Waals surface area contributed by atoms with Gasteiger partial charge in [0, 0.05) is 11.6 Å². The summed E-state index contributed by atoms with van der Waals surface area (Å²) in [7, 11) is 0. The highest BCUT2D eigenvalue weighted by Crippen LogP contribution is 2.18.